The molecule has 0 aliphatic carbocycles. The Bertz CT molecular complexity index is 1200. The van der Waals surface area contributed by atoms with Crippen LogP contribution in [0.15, 0.2) is 30.6 Å². The van der Waals surface area contributed by atoms with Gasteiger partial charge >= 0.3 is 0 Å². The van der Waals surface area contributed by atoms with Crippen LogP contribution in [0.25, 0.3) is 0 Å². The lowest BCUT2D eigenvalue weighted by molar-refractivity contribution is -0.118. The lowest BCUT2D eigenvalue weighted by atomic mass is 10.2. The highest BCUT2D eigenvalue weighted by Gasteiger charge is 2.19. The number of fused-ring (bicyclic) bond motifs is 1. The van der Waals surface area contributed by atoms with Gasteiger partial charge < -0.3 is 30.3 Å². The number of carbonyl (C=O) groups is 1. The van der Waals surface area contributed by atoms with Gasteiger partial charge in [0.15, 0.2) is 29.8 Å². The number of aromatic nitrogens is 4. The van der Waals surface area contributed by atoms with Crippen molar-refractivity contribution < 1.29 is 18.7 Å². The Morgan fingerprint density at radius 3 is 2.79 bits per heavy atom. The van der Waals surface area contributed by atoms with E-state index in [2.05, 4.69) is 40.8 Å². The molecule has 33 heavy (non-hydrogen) atoms. The monoisotopic (exact) mass is 452 g/mol. The van der Waals surface area contributed by atoms with Crippen molar-refractivity contribution >= 4 is 40.8 Å². The van der Waals surface area contributed by atoms with Crippen molar-refractivity contribution in [3.8, 4) is 5.75 Å². The van der Waals surface area contributed by atoms with Crippen LogP contribution in [-0.4, -0.2) is 58.8 Å². The van der Waals surface area contributed by atoms with Crippen LogP contribution in [-0.2, 0) is 9.53 Å². The van der Waals surface area contributed by atoms with Gasteiger partial charge in [-0.2, -0.15) is 4.98 Å². The molecule has 0 radical (unpaired) electrons. The number of hydrogen-bond acceptors (Lipinski definition) is 10. The van der Waals surface area contributed by atoms with E-state index in [-0.39, 0.29) is 35.9 Å². The van der Waals surface area contributed by atoms with Crippen molar-refractivity contribution in [1.29, 1.82) is 0 Å². The summed E-state index contributed by atoms with van der Waals surface area (Å²) in [5.41, 5.74) is 1.67. The van der Waals surface area contributed by atoms with Crippen molar-refractivity contribution in [2.75, 3.05) is 53.8 Å². The predicted molar refractivity (Wildman–Crippen MR) is 119 cm³/mol. The second kappa shape index (κ2) is 8.82. The van der Waals surface area contributed by atoms with Crippen LogP contribution in [0.1, 0.15) is 5.56 Å². The van der Waals surface area contributed by atoms with Gasteiger partial charge in [0, 0.05) is 13.1 Å². The summed E-state index contributed by atoms with van der Waals surface area (Å²) in [5.74, 6) is 1.04. The highest BCUT2D eigenvalue weighted by Crippen LogP contribution is 2.29. The molecule has 3 aromatic heterocycles. The minimum absolute atomic E-state index is 0.0707. The number of pyridine rings is 2. The molecular weight excluding hydrogens is 431 g/mol. The molecule has 170 valence electrons. The van der Waals surface area contributed by atoms with Crippen molar-refractivity contribution in [3.63, 3.8) is 0 Å². The van der Waals surface area contributed by atoms with Crippen molar-refractivity contribution in [3.05, 3.63) is 42.0 Å². The Balaban J connectivity index is 1.32. The maximum Gasteiger partial charge on any atom is 0.263 e. The zero-order valence-corrected chi connectivity index (χ0v) is 17.8. The first-order chi connectivity index (χ1) is 16.0. The first-order valence-electron chi connectivity index (χ1n) is 10.3. The van der Waals surface area contributed by atoms with Crippen LogP contribution >= 0.6 is 0 Å². The van der Waals surface area contributed by atoms with Gasteiger partial charge in [-0.25, -0.2) is 19.3 Å². The number of halogens is 1. The number of nitrogens with one attached hydrogen (secondary N) is 3. The summed E-state index contributed by atoms with van der Waals surface area (Å²) in [5, 5.41) is 8.47. The molecule has 0 aromatic carbocycles. The maximum atomic E-state index is 14.4. The highest BCUT2D eigenvalue weighted by atomic mass is 19.1. The summed E-state index contributed by atoms with van der Waals surface area (Å²) in [7, 11) is 0. The third kappa shape index (κ3) is 4.60. The lowest BCUT2D eigenvalue weighted by Gasteiger charge is -2.29. The molecular formula is C21H21FN8O3. The molecule has 5 heterocycles. The Morgan fingerprint density at radius 2 is 1.97 bits per heavy atom. The van der Waals surface area contributed by atoms with Crippen LogP contribution in [0.2, 0.25) is 0 Å². The number of amides is 1. The Kier molecular flexibility index (Phi) is 5.57. The zero-order chi connectivity index (χ0) is 22.8. The summed E-state index contributed by atoms with van der Waals surface area (Å²) in [6.07, 6.45) is 2.74. The van der Waals surface area contributed by atoms with E-state index in [9.17, 15) is 9.18 Å². The molecule has 1 saturated heterocycles. The molecule has 1 fully saturated rings. The van der Waals surface area contributed by atoms with Crippen molar-refractivity contribution in [1.82, 2.24) is 19.9 Å². The molecule has 0 spiro atoms. The Labute approximate surface area is 188 Å². The van der Waals surface area contributed by atoms with E-state index in [1.165, 1.54) is 0 Å². The van der Waals surface area contributed by atoms with E-state index in [0.717, 1.165) is 30.7 Å². The largest absolute Gasteiger partial charge is 0.480 e. The van der Waals surface area contributed by atoms with E-state index in [4.69, 9.17) is 9.47 Å². The fraction of sp³-hybridized carbons (Fsp3) is 0.286. The van der Waals surface area contributed by atoms with Crippen LogP contribution < -0.4 is 25.6 Å². The molecule has 5 rings (SSSR count). The lowest BCUT2D eigenvalue weighted by Crippen LogP contribution is -2.37. The third-order valence-corrected chi connectivity index (χ3v) is 5.08. The Hall–Kier alpha value is -4.06. The molecule has 1 amide bonds. The summed E-state index contributed by atoms with van der Waals surface area (Å²) < 4.78 is 25.0. The number of carbonyl (C=O) groups excluding carboxylic acids is 1. The molecule has 0 saturated carbocycles. The van der Waals surface area contributed by atoms with Gasteiger partial charge in [0.25, 0.3) is 5.91 Å². The molecule has 3 aromatic rings. The van der Waals surface area contributed by atoms with Gasteiger partial charge in [-0.1, -0.05) is 0 Å². The van der Waals surface area contributed by atoms with Crippen molar-refractivity contribution in [2.45, 2.75) is 6.92 Å². The SMILES string of the molecule is Cc1cc(Nc2ncc(F)c(Nc3ccc4c(n3)NC(=O)CO4)n2)cnc1N1CCOCC1. The summed E-state index contributed by atoms with van der Waals surface area (Å²) >= 11 is 0. The van der Waals surface area contributed by atoms with E-state index in [0.29, 0.717) is 24.7 Å². The normalized spacial score (nSPS) is 15.3. The minimum Gasteiger partial charge on any atom is -0.480 e. The fourth-order valence-corrected chi connectivity index (χ4v) is 3.54. The first-order valence-corrected chi connectivity index (χ1v) is 10.3. The number of aryl methyl sites for hydroxylation is 1. The number of hydrogen-bond donors (Lipinski definition) is 3. The quantitative estimate of drug-likeness (QED) is 0.531. The van der Waals surface area contributed by atoms with Gasteiger partial charge in [-0.15, -0.1) is 0 Å². The van der Waals surface area contributed by atoms with Gasteiger partial charge in [0.1, 0.15) is 11.6 Å². The van der Waals surface area contributed by atoms with Gasteiger partial charge in [0.2, 0.25) is 5.95 Å². The van der Waals surface area contributed by atoms with Gasteiger partial charge in [-0.3, -0.25) is 4.79 Å². The van der Waals surface area contributed by atoms with Crippen LogP contribution in [0.3, 0.4) is 0 Å². The number of ether oxygens (including phenoxy) is 2. The molecule has 2 aliphatic rings. The second-order valence-corrected chi connectivity index (χ2v) is 7.48. The number of nitrogens with zero attached hydrogens (tertiary/aromatic N) is 5. The first kappa shape index (κ1) is 20.8. The fourth-order valence-electron chi connectivity index (χ4n) is 3.54. The van der Waals surface area contributed by atoms with E-state index >= 15 is 0 Å². The van der Waals surface area contributed by atoms with Gasteiger partial charge in [0.05, 0.1) is 31.3 Å². The molecule has 3 N–H and O–H groups in total. The molecule has 0 bridgehead atoms. The predicted octanol–water partition coefficient (Wildman–Crippen LogP) is 2.37. The number of anilines is 6. The standard InChI is InChI=1S/C21H21FN8O3/c1-12-8-13(9-23-20(12)30-4-6-32-7-5-30)25-21-24-10-14(22)18(29-21)26-16-3-2-15-19(27-16)28-17(31)11-33-15/h2-3,8-10H,4-7,11H2,1H3,(H3,24,25,26,27,28,29,31). The van der Waals surface area contributed by atoms with Crippen LogP contribution in [0.4, 0.5) is 39.3 Å². The smallest absolute Gasteiger partial charge is 0.263 e. The van der Waals surface area contributed by atoms with Crippen LogP contribution in [0, 0.1) is 12.7 Å². The summed E-state index contributed by atoms with van der Waals surface area (Å²) in [6.45, 7) is 4.86. The molecule has 11 nitrogen and oxygen atoms in total. The molecule has 12 heteroatoms. The van der Waals surface area contributed by atoms with E-state index in [1.807, 2.05) is 13.0 Å². The van der Waals surface area contributed by atoms with E-state index < -0.39 is 5.82 Å². The van der Waals surface area contributed by atoms with Gasteiger partial charge in [-0.05, 0) is 30.7 Å². The maximum absolute atomic E-state index is 14.4. The highest BCUT2D eigenvalue weighted by molar-refractivity contribution is 5.94. The number of morpholine rings is 1. The molecule has 2 aliphatic heterocycles. The Morgan fingerprint density at radius 1 is 1.12 bits per heavy atom. The number of rotatable bonds is 5. The van der Waals surface area contributed by atoms with Crippen LogP contribution in [0.5, 0.6) is 5.75 Å². The summed E-state index contributed by atoms with van der Waals surface area (Å²) in [6, 6.07) is 5.17. The average Bonchev–Trinajstić information content (AvgIpc) is 2.82. The zero-order valence-electron chi connectivity index (χ0n) is 17.8. The molecule has 0 unspecified atom stereocenters. The van der Waals surface area contributed by atoms with E-state index in [1.54, 1.807) is 18.3 Å². The average molecular weight is 452 g/mol. The molecule has 0 atom stereocenters. The topological polar surface area (TPSA) is 126 Å². The van der Waals surface area contributed by atoms with Crippen molar-refractivity contribution in [2.24, 2.45) is 0 Å². The summed E-state index contributed by atoms with van der Waals surface area (Å²) in [4.78, 5) is 30.7. The second-order valence-electron chi connectivity index (χ2n) is 7.48. The third-order valence-electron chi connectivity index (χ3n) is 5.08. The minimum atomic E-state index is -0.655.